The number of carbonyl (C=O) groups excluding carboxylic acids is 1. The van der Waals surface area contributed by atoms with Crippen LogP contribution in [0.3, 0.4) is 0 Å². The molecule has 1 aromatic rings. The summed E-state index contributed by atoms with van der Waals surface area (Å²) >= 11 is 5.91. The van der Waals surface area contributed by atoms with Gasteiger partial charge in [-0.3, -0.25) is 9.69 Å². The molecule has 3 heterocycles. The van der Waals surface area contributed by atoms with Crippen molar-refractivity contribution < 1.29 is 4.79 Å². The highest BCUT2D eigenvalue weighted by Crippen LogP contribution is 2.66. The highest BCUT2D eigenvalue weighted by atomic mass is 35.5. The molecular weight excluding hydrogens is 272 g/mol. The summed E-state index contributed by atoms with van der Waals surface area (Å²) in [6, 6.07) is 8.57. The smallest absolute Gasteiger partial charge is 0.254 e. The molecule has 0 N–H and O–H groups in total. The van der Waals surface area contributed by atoms with Crippen molar-refractivity contribution in [3.63, 3.8) is 0 Å². The van der Waals surface area contributed by atoms with Crippen molar-refractivity contribution in [1.29, 1.82) is 0 Å². The molecule has 20 heavy (non-hydrogen) atoms. The van der Waals surface area contributed by atoms with Gasteiger partial charge in [-0.15, -0.1) is 0 Å². The van der Waals surface area contributed by atoms with Crippen molar-refractivity contribution in [1.82, 2.24) is 9.80 Å². The molecular formula is C16H17ClN2O. The number of amides is 1. The maximum Gasteiger partial charge on any atom is 0.254 e. The molecule has 1 spiro atoms. The van der Waals surface area contributed by atoms with Crippen molar-refractivity contribution >= 4 is 17.5 Å². The highest BCUT2D eigenvalue weighted by Gasteiger charge is 2.73. The van der Waals surface area contributed by atoms with Crippen molar-refractivity contribution in [3.8, 4) is 0 Å². The molecule has 4 fully saturated rings. The molecule has 5 atom stereocenters. The molecule has 0 radical (unpaired) electrons. The zero-order chi connectivity index (χ0) is 13.5. The summed E-state index contributed by atoms with van der Waals surface area (Å²) in [5.41, 5.74) is 1.24. The minimum atomic E-state index is 0.197. The van der Waals surface area contributed by atoms with E-state index in [1.807, 2.05) is 24.3 Å². The lowest BCUT2D eigenvalue weighted by molar-refractivity contribution is 0.0485. The summed E-state index contributed by atoms with van der Waals surface area (Å²) in [5.74, 6) is 0.948. The van der Waals surface area contributed by atoms with Crippen LogP contribution in [0.4, 0.5) is 0 Å². The van der Waals surface area contributed by atoms with Gasteiger partial charge in [0.2, 0.25) is 0 Å². The second-order valence-corrected chi connectivity index (χ2v) is 7.22. The minimum Gasteiger partial charge on any atom is -0.333 e. The van der Waals surface area contributed by atoms with Crippen LogP contribution in [0.1, 0.15) is 23.2 Å². The largest absolute Gasteiger partial charge is 0.333 e. The van der Waals surface area contributed by atoms with E-state index in [1.54, 1.807) is 0 Å². The Morgan fingerprint density at radius 1 is 1.20 bits per heavy atom. The van der Waals surface area contributed by atoms with Gasteiger partial charge in [-0.2, -0.15) is 0 Å². The number of nitrogens with zero attached hydrogens (tertiary/aromatic N) is 2. The van der Waals surface area contributed by atoms with Gasteiger partial charge in [-0.1, -0.05) is 11.6 Å². The van der Waals surface area contributed by atoms with Crippen LogP contribution in [-0.2, 0) is 0 Å². The standard InChI is InChI=1S/C16H17ClN2O/c17-12-3-1-10(2-4-12)15(20)19-8-11-7-13-16(11)5-6-18(13)9-14(16)19/h1-4,11,13-14H,5-9H2/t11-,13?,14-,16-/m0/s1. The van der Waals surface area contributed by atoms with Crippen LogP contribution in [-0.4, -0.2) is 47.4 Å². The summed E-state index contributed by atoms with van der Waals surface area (Å²) in [6.45, 7) is 3.32. The highest BCUT2D eigenvalue weighted by molar-refractivity contribution is 6.30. The maximum absolute atomic E-state index is 12.8. The molecule has 1 saturated carbocycles. The third kappa shape index (κ3) is 1.16. The van der Waals surface area contributed by atoms with Gasteiger partial charge in [0.1, 0.15) is 0 Å². The van der Waals surface area contributed by atoms with Crippen LogP contribution in [0.5, 0.6) is 0 Å². The first kappa shape index (κ1) is 11.6. The average Bonchev–Trinajstić information content (AvgIpc) is 2.94. The fourth-order valence-electron chi connectivity index (χ4n) is 5.42. The van der Waals surface area contributed by atoms with E-state index in [9.17, 15) is 4.79 Å². The zero-order valence-corrected chi connectivity index (χ0v) is 12.0. The molecule has 0 aromatic heterocycles. The maximum atomic E-state index is 12.8. The summed E-state index contributed by atoms with van der Waals surface area (Å²) < 4.78 is 0. The number of halogens is 1. The first-order valence-electron chi connectivity index (χ1n) is 7.51. The fourth-order valence-corrected chi connectivity index (χ4v) is 5.55. The van der Waals surface area contributed by atoms with Gasteiger partial charge >= 0.3 is 0 Å². The van der Waals surface area contributed by atoms with Crippen LogP contribution in [0.25, 0.3) is 0 Å². The first-order valence-corrected chi connectivity index (χ1v) is 7.88. The lowest BCUT2D eigenvalue weighted by atomic mass is 9.57. The van der Waals surface area contributed by atoms with Crippen LogP contribution < -0.4 is 0 Å². The second kappa shape index (κ2) is 3.58. The van der Waals surface area contributed by atoms with Gasteiger partial charge < -0.3 is 4.90 Å². The Kier molecular flexibility index (Phi) is 2.07. The zero-order valence-electron chi connectivity index (χ0n) is 11.3. The van der Waals surface area contributed by atoms with E-state index in [-0.39, 0.29) is 5.91 Å². The molecule has 2 unspecified atom stereocenters. The summed E-state index contributed by atoms with van der Waals surface area (Å²) in [4.78, 5) is 17.6. The molecule has 4 heteroatoms. The van der Waals surface area contributed by atoms with E-state index < -0.39 is 0 Å². The van der Waals surface area contributed by atoms with Crippen molar-refractivity contribution in [2.45, 2.75) is 24.9 Å². The Hall–Kier alpha value is -1.06. The number of hydrogen-bond acceptors (Lipinski definition) is 2. The van der Waals surface area contributed by atoms with Gasteiger partial charge in [-0.05, 0) is 49.6 Å². The predicted octanol–water partition coefficient (Wildman–Crippen LogP) is 2.26. The van der Waals surface area contributed by atoms with Crippen LogP contribution in [0.15, 0.2) is 24.3 Å². The monoisotopic (exact) mass is 288 g/mol. The van der Waals surface area contributed by atoms with Gasteiger partial charge in [0.25, 0.3) is 5.91 Å². The molecule has 4 aliphatic rings. The molecule has 3 nitrogen and oxygen atoms in total. The SMILES string of the molecule is O=C(c1ccc(Cl)cc1)N1C[C@@H]2CC3N4CC[C@@]32[C@@H]1C4. The molecule has 3 saturated heterocycles. The Balaban J connectivity index is 1.48. The van der Waals surface area contributed by atoms with Crippen molar-refractivity contribution in [2.24, 2.45) is 11.3 Å². The number of hydrogen-bond donors (Lipinski definition) is 0. The number of piperidine rings is 1. The lowest BCUT2D eigenvalue weighted by Crippen LogP contribution is -2.51. The van der Waals surface area contributed by atoms with E-state index in [0.29, 0.717) is 16.5 Å². The quantitative estimate of drug-likeness (QED) is 0.791. The number of rotatable bonds is 1. The summed E-state index contributed by atoms with van der Waals surface area (Å²) in [6.07, 6.45) is 2.61. The van der Waals surface area contributed by atoms with Crippen LogP contribution in [0, 0.1) is 11.3 Å². The summed E-state index contributed by atoms with van der Waals surface area (Å²) in [5, 5.41) is 0.688. The van der Waals surface area contributed by atoms with Gasteiger partial charge in [-0.25, -0.2) is 0 Å². The third-order valence-corrected chi connectivity index (χ3v) is 6.59. The van der Waals surface area contributed by atoms with Crippen molar-refractivity contribution in [3.05, 3.63) is 34.9 Å². The molecule has 104 valence electrons. The number of likely N-dealkylation sites (tertiary alicyclic amines) is 1. The van der Waals surface area contributed by atoms with E-state index >= 15 is 0 Å². The lowest BCUT2D eigenvalue weighted by Gasteiger charge is -2.46. The van der Waals surface area contributed by atoms with Crippen LogP contribution in [0.2, 0.25) is 5.02 Å². The predicted molar refractivity (Wildman–Crippen MR) is 76.8 cm³/mol. The molecule has 3 aliphatic heterocycles. The Bertz CT molecular complexity index is 601. The summed E-state index contributed by atoms with van der Waals surface area (Å²) in [7, 11) is 0. The Labute approximate surface area is 123 Å². The van der Waals surface area contributed by atoms with E-state index in [0.717, 1.165) is 30.6 Å². The molecule has 5 rings (SSSR count). The molecule has 2 bridgehead atoms. The number of benzene rings is 1. The molecule has 1 aromatic carbocycles. The van der Waals surface area contributed by atoms with Gasteiger partial charge in [0.05, 0.1) is 6.04 Å². The van der Waals surface area contributed by atoms with E-state index in [4.69, 9.17) is 11.6 Å². The molecule has 1 aliphatic carbocycles. The minimum absolute atomic E-state index is 0.197. The molecule has 1 amide bonds. The van der Waals surface area contributed by atoms with E-state index in [1.165, 1.54) is 19.4 Å². The van der Waals surface area contributed by atoms with E-state index in [2.05, 4.69) is 9.80 Å². The normalized spacial score (nSPS) is 43.5. The second-order valence-electron chi connectivity index (χ2n) is 6.79. The average molecular weight is 289 g/mol. The van der Waals surface area contributed by atoms with Crippen LogP contribution >= 0.6 is 11.6 Å². The van der Waals surface area contributed by atoms with Crippen molar-refractivity contribution in [2.75, 3.05) is 19.6 Å². The Morgan fingerprint density at radius 3 is 2.75 bits per heavy atom. The fraction of sp³-hybridized carbons (Fsp3) is 0.562. The first-order chi connectivity index (χ1) is 9.70. The Morgan fingerprint density at radius 2 is 2.00 bits per heavy atom. The number of carbonyl (C=O) groups is 1. The third-order valence-electron chi connectivity index (χ3n) is 6.33. The topological polar surface area (TPSA) is 23.6 Å². The van der Waals surface area contributed by atoms with Gasteiger partial charge in [0, 0.05) is 35.1 Å². The van der Waals surface area contributed by atoms with Gasteiger partial charge in [0.15, 0.2) is 0 Å².